The molecule has 1 aromatic carbocycles. The highest BCUT2D eigenvalue weighted by Crippen LogP contribution is 2.29. The highest BCUT2D eigenvalue weighted by atomic mass is 79.9. The van der Waals surface area contributed by atoms with Crippen LogP contribution >= 0.6 is 15.9 Å². The van der Waals surface area contributed by atoms with Crippen LogP contribution in [0, 0.1) is 0 Å². The topological polar surface area (TPSA) is 66.4 Å². The van der Waals surface area contributed by atoms with E-state index in [1.165, 1.54) is 0 Å². The van der Waals surface area contributed by atoms with Gasteiger partial charge in [-0.05, 0) is 37.1 Å². The summed E-state index contributed by atoms with van der Waals surface area (Å²) in [7, 11) is 0. The molecular weight excluding hydrogens is 310 g/mol. The summed E-state index contributed by atoms with van der Waals surface area (Å²) in [5.41, 5.74) is -0.614. The molecule has 0 saturated heterocycles. The Hall–Kier alpha value is -1.36. The van der Waals surface area contributed by atoms with Crippen molar-refractivity contribution in [2.75, 3.05) is 0 Å². The Morgan fingerprint density at radius 1 is 1.11 bits per heavy atom. The third-order valence-corrected chi connectivity index (χ3v) is 4.10. The van der Waals surface area contributed by atoms with E-state index in [9.17, 15) is 14.7 Å². The second kappa shape index (κ2) is 5.74. The Kier molecular flexibility index (Phi) is 4.24. The van der Waals surface area contributed by atoms with E-state index < -0.39 is 11.5 Å². The first-order valence-electron chi connectivity index (χ1n) is 6.35. The van der Waals surface area contributed by atoms with Gasteiger partial charge in [0.05, 0.1) is 0 Å². The number of aliphatic carboxylic acids is 1. The van der Waals surface area contributed by atoms with Crippen LogP contribution in [-0.4, -0.2) is 22.5 Å². The summed E-state index contributed by atoms with van der Waals surface area (Å²) in [5, 5.41) is 12.1. The van der Waals surface area contributed by atoms with Gasteiger partial charge in [-0.25, -0.2) is 4.79 Å². The maximum absolute atomic E-state index is 12.1. The first kappa shape index (κ1) is 14.1. The van der Waals surface area contributed by atoms with Crippen LogP contribution in [-0.2, 0) is 4.79 Å². The normalized spacial score (nSPS) is 17.7. The third-order valence-electron chi connectivity index (χ3n) is 3.58. The van der Waals surface area contributed by atoms with Gasteiger partial charge in [-0.1, -0.05) is 35.2 Å². The van der Waals surface area contributed by atoms with E-state index >= 15 is 0 Å². The van der Waals surface area contributed by atoms with Gasteiger partial charge in [-0.2, -0.15) is 0 Å². The fraction of sp³-hybridized carbons (Fsp3) is 0.429. The average molecular weight is 326 g/mol. The maximum Gasteiger partial charge on any atom is 0.329 e. The number of carbonyl (C=O) groups excluding carboxylic acids is 1. The second-order valence-corrected chi connectivity index (χ2v) is 5.82. The number of rotatable bonds is 3. The summed E-state index contributed by atoms with van der Waals surface area (Å²) in [6.45, 7) is 0. The molecule has 0 radical (unpaired) electrons. The molecule has 19 heavy (non-hydrogen) atoms. The second-order valence-electron chi connectivity index (χ2n) is 4.91. The van der Waals surface area contributed by atoms with Crippen LogP contribution in [0.4, 0.5) is 0 Å². The first-order chi connectivity index (χ1) is 9.03. The molecule has 0 aromatic heterocycles. The molecule has 0 heterocycles. The van der Waals surface area contributed by atoms with E-state index in [-0.39, 0.29) is 5.91 Å². The number of carboxylic acids is 1. The van der Waals surface area contributed by atoms with Gasteiger partial charge >= 0.3 is 5.97 Å². The smallest absolute Gasteiger partial charge is 0.329 e. The molecule has 2 N–H and O–H groups in total. The zero-order valence-corrected chi connectivity index (χ0v) is 12.1. The quantitative estimate of drug-likeness (QED) is 0.897. The zero-order chi connectivity index (χ0) is 13.9. The Morgan fingerprint density at radius 2 is 1.68 bits per heavy atom. The zero-order valence-electron chi connectivity index (χ0n) is 10.5. The number of halogens is 1. The van der Waals surface area contributed by atoms with Crippen molar-refractivity contribution in [1.29, 1.82) is 0 Å². The maximum atomic E-state index is 12.1. The van der Waals surface area contributed by atoms with Gasteiger partial charge in [0.15, 0.2) is 0 Å². The minimum atomic E-state index is -1.09. The predicted octanol–water partition coefficient (Wildman–Crippen LogP) is 2.97. The summed E-state index contributed by atoms with van der Waals surface area (Å²) < 4.78 is 0.884. The molecule has 0 bridgehead atoms. The van der Waals surface area contributed by atoms with Gasteiger partial charge in [-0.3, -0.25) is 4.79 Å². The Bertz CT molecular complexity index is 478. The Balaban J connectivity index is 2.15. The minimum Gasteiger partial charge on any atom is -0.480 e. The lowest BCUT2D eigenvalue weighted by Gasteiger charge is -2.34. The third kappa shape index (κ3) is 3.15. The predicted molar refractivity (Wildman–Crippen MR) is 75.1 cm³/mol. The van der Waals surface area contributed by atoms with Crippen LogP contribution in [0.2, 0.25) is 0 Å². The van der Waals surface area contributed by atoms with Gasteiger partial charge in [-0.15, -0.1) is 0 Å². The van der Waals surface area contributed by atoms with E-state index in [0.29, 0.717) is 18.4 Å². The van der Waals surface area contributed by atoms with Gasteiger partial charge in [0, 0.05) is 10.0 Å². The number of benzene rings is 1. The molecule has 1 aliphatic carbocycles. The lowest BCUT2D eigenvalue weighted by atomic mass is 9.81. The molecule has 0 atom stereocenters. The van der Waals surface area contributed by atoms with E-state index in [1.807, 2.05) is 0 Å². The van der Waals surface area contributed by atoms with Gasteiger partial charge in [0.1, 0.15) is 5.54 Å². The Labute approximate surface area is 120 Å². The molecule has 1 saturated carbocycles. The van der Waals surface area contributed by atoms with E-state index in [0.717, 1.165) is 23.7 Å². The molecule has 0 aliphatic heterocycles. The van der Waals surface area contributed by atoms with E-state index in [1.54, 1.807) is 24.3 Å². The number of carbonyl (C=O) groups is 2. The standard InChI is InChI=1S/C14H16BrNO3/c15-11-6-4-10(5-7-11)12(17)16-14(13(18)19)8-2-1-3-9-14/h4-7H,1-3,8-9H2,(H,16,17)(H,18,19). The highest BCUT2D eigenvalue weighted by Gasteiger charge is 2.41. The fourth-order valence-electron chi connectivity index (χ4n) is 2.44. The molecule has 102 valence electrons. The number of nitrogens with one attached hydrogen (secondary N) is 1. The number of amides is 1. The molecule has 1 amide bonds. The molecule has 0 spiro atoms. The molecule has 0 unspecified atom stereocenters. The molecule has 1 fully saturated rings. The average Bonchev–Trinajstić information content (AvgIpc) is 2.40. The fourth-order valence-corrected chi connectivity index (χ4v) is 2.70. The molecule has 4 nitrogen and oxygen atoms in total. The summed E-state index contributed by atoms with van der Waals surface area (Å²) in [5.74, 6) is -1.26. The van der Waals surface area contributed by atoms with E-state index in [4.69, 9.17) is 0 Å². The largest absolute Gasteiger partial charge is 0.480 e. The van der Waals surface area contributed by atoms with Crippen LogP contribution in [0.3, 0.4) is 0 Å². The van der Waals surface area contributed by atoms with Gasteiger partial charge < -0.3 is 10.4 Å². The van der Waals surface area contributed by atoms with Crippen LogP contribution in [0.5, 0.6) is 0 Å². The number of hydrogen-bond acceptors (Lipinski definition) is 2. The first-order valence-corrected chi connectivity index (χ1v) is 7.14. The lowest BCUT2D eigenvalue weighted by molar-refractivity contribution is -0.145. The van der Waals surface area contributed by atoms with Crippen molar-refractivity contribution in [3.05, 3.63) is 34.3 Å². The SMILES string of the molecule is O=C(NC1(C(=O)O)CCCCC1)c1ccc(Br)cc1. The minimum absolute atomic E-state index is 0.322. The van der Waals surface area contributed by atoms with Crippen molar-refractivity contribution in [1.82, 2.24) is 5.32 Å². The van der Waals surface area contributed by atoms with Crippen molar-refractivity contribution in [2.24, 2.45) is 0 Å². The van der Waals surface area contributed by atoms with Crippen LogP contribution in [0.25, 0.3) is 0 Å². The molecule has 1 aromatic rings. The molecular formula is C14H16BrNO3. The molecule has 1 aliphatic rings. The Morgan fingerprint density at radius 3 is 2.21 bits per heavy atom. The number of carboxylic acid groups (broad SMARTS) is 1. The van der Waals surface area contributed by atoms with Crippen LogP contribution < -0.4 is 5.32 Å². The highest BCUT2D eigenvalue weighted by molar-refractivity contribution is 9.10. The van der Waals surface area contributed by atoms with E-state index in [2.05, 4.69) is 21.2 Å². The van der Waals surface area contributed by atoms with Crippen molar-refractivity contribution >= 4 is 27.8 Å². The number of hydrogen-bond donors (Lipinski definition) is 2. The monoisotopic (exact) mass is 325 g/mol. The van der Waals surface area contributed by atoms with Crippen LogP contribution in [0.15, 0.2) is 28.7 Å². The van der Waals surface area contributed by atoms with Crippen molar-refractivity contribution in [3.8, 4) is 0 Å². The van der Waals surface area contributed by atoms with Crippen LogP contribution in [0.1, 0.15) is 42.5 Å². The molecule has 5 heteroatoms. The lowest BCUT2D eigenvalue weighted by Crippen LogP contribution is -2.55. The van der Waals surface area contributed by atoms with Crippen molar-refractivity contribution in [3.63, 3.8) is 0 Å². The van der Waals surface area contributed by atoms with Crippen molar-refractivity contribution < 1.29 is 14.7 Å². The van der Waals surface area contributed by atoms with Crippen molar-refractivity contribution in [2.45, 2.75) is 37.6 Å². The summed E-state index contributed by atoms with van der Waals surface area (Å²) in [6.07, 6.45) is 3.72. The summed E-state index contributed by atoms with van der Waals surface area (Å²) >= 11 is 3.30. The molecule has 2 rings (SSSR count). The summed E-state index contributed by atoms with van der Waals surface area (Å²) in [6, 6.07) is 6.89. The van der Waals surface area contributed by atoms with Gasteiger partial charge in [0.2, 0.25) is 0 Å². The summed E-state index contributed by atoms with van der Waals surface area (Å²) in [4.78, 5) is 23.6. The van der Waals surface area contributed by atoms with Gasteiger partial charge in [0.25, 0.3) is 5.91 Å².